The Hall–Kier alpha value is -1.19. The molecular weight excluding hydrogens is 466 g/mol. The average Bonchev–Trinajstić information content (AvgIpc) is 3.31. The minimum atomic E-state index is -1.07. The lowest BCUT2D eigenvalue weighted by atomic mass is 9.70. The van der Waals surface area contributed by atoms with Gasteiger partial charge in [0.2, 0.25) is 17.7 Å². The Labute approximate surface area is 193 Å². The van der Waals surface area contributed by atoms with Gasteiger partial charge in [-0.1, -0.05) is 43.1 Å². The van der Waals surface area contributed by atoms with Gasteiger partial charge < -0.3 is 25.4 Å². The molecule has 9 heteroatoms. The fourth-order valence-electron chi connectivity index (χ4n) is 5.67. The minimum absolute atomic E-state index is 0.0406. The van der Waals surface area contributed by atoms with E-state index in [1.807, 2.05) is 20.8 Å². The smallest absolute Gasteiger partial charge is 0.246 e. The lowest BCUT2D eigenvalue weighted by molar-refractivity contribution is -0.145. The Morgan fingerprint density at radius 2 is 2.00 bits per heavy atom. The number of nitrogens with zero attached hydrogens (tertiary/aromatic N) is 1. The number of carbonyl (C=O) groups is 3. The van der Waals surface area contributed by atoms with Gasteiger partial charge in [-0.25, -0.2) is 0 Å². The van der Waals surface area contributed by atoms with Crippen LogP contribution in [0.15, 0.2) is 0 Å². The molecule has 8 atom stereocenters. The van der Waals surface area contributed by atoms with Crippen molar-refractivity contribution in [1.82, 2.24) is 15.5 Å². The number of carbonyl (C=O) groups excluding carboxylic acids is 3. The van der Waals surface area contributed by atoms with E-state index in [-0.39, 0.29) is 35.2 Å². The number of alkyl halides is 1. The van der Waals surface area contributed by atoms with Gasteiger partial charge in [-0.2, -0.15) is 0 Å². The van der Waals surface area contributed by atoms with Gasteiger partial charge in [0.05, 0.1) is 30.6 Å². The Morgan fingerprint density at radius 3 is 2.58 bits per heavy atom. The van der Waals surface area contributed by atoms with Crippen LogP contribution >= 0.6 is 15.9 Å². The number of hydrogen-bond donors (Lipinski definition) is 3. The number of amides is 3. The van der Waals surface area contributed by atoms with Gasteiger partial charge in [0.15, 0.2) is 0 Å². The monoisotopic (exact) mass is 501 g/mol. The molecule has 0 radical (unpaired) electrons. The second kappa shape index (κ2) is 9.75. The highest BCUT2D eigenvalue weighted by atomic mass is 79.9. The third-order valence-corrected chi connectivity index (χ3v) is 7.86. The fraction of sp³-hybridized carbons (Fsp3) is 0.864. The van der Waals surface area contributed by atoms with Crippen LogP contribution in [0.25, 0.3) is 0 Å². The standard InChI is InChI=1S/C22H36BrN3O5/c1-5-8-12(4)25-20(29)18-22-10-14(23)17(31-22)15(19(28)24-9-6-2)16(22)21(30)26(18)13(7-3)11-27/h12-18,27H,5-11H2,1-4H3,(H,24,28)(H,25,29)/t12?,13-,14?,15-,16-,17-,18?,22?/m0/s1. The van der Waals surface area contributed by atoms with Crippen molar-refractivity contribution in [3.63, 3.8) is 0 Å². The van der Waals surface area contributed by atoms with Gasteiger partial charge in [-0.3, -0.25) is 14.4 Å². The number of likely N-dealkylation sites (tertiary alicyclic amines) is 1. The topological polar surface area (TPSA) is 108 Å². The fourth-order valence-corrected chi connectivity index (χ4v) is 6.61. The molecule has 4 unspecified atom stereocenters. The van der Waals surface area contributed by atoms with E-state index in [1.54, 1.807) is 0 Å². The van der Waals surface area contributed by atoms with Crippen LogP contribution in [0.2, 0.25) is 0 Å². The van der Waals surface area contributed by atoms with E-state index in [0.29, 0.717) is 19.4 Å². The van der Waals surface area contributed by atoms with Crippen molar-refractivity contribution in [2.45, 2.75) is 94.5 Å². The summed E-state index contributed by atoms with van der Waals surface area (Å²) < 4.78 is 6.41. The number of aliphatic hydroxyl groups excluding tert-OH is 1. The first-order valence-electron chi connectivity index (χ1n) is 11.6. The molecule has 1 spiro atoms. The van der Waals surface area contributed by atoms with Crippen LogP contribution in [0.4, 0.5) is 0 Å². The van der Waals surface area contributed by atoms with Crippen molar-refractivity contribution in [2.75, 3.05) is 13.2 Å². The summed E-state index contributed by atoms with van der Waals surface area (Å²) in [5.41, 5.74) is -1.07. The molecule has 31 heavy (non-hydrogen) atoms. The third kappa shape index (κ3) is 4.02. The Bertz CT molecular complexity index is 703. The maximum Gasteiger partial charge on any atom is 0.246 e. The molecule has 2 bridgehead atoms. The van der Waals surface area contributed by atoms with Crippen molar-refractivity contribution in [3.8, 4) is 0 Å². The molecule has 0 aliphatic carbocycles. The Morgan fingerprint density at radius 1 is 1.29 bits per heavy atom. The summed E-state index contributed by atoms with van der Waals surface area (Å²) in [6.07, 6.45) is 3.08. The molecule has 3 saturated heterocycles. The number of fused-ring (bicyclic) bond motifs is 1. The van der Waals surface area contributed by atoms with Gasteiger partial charge >= 0.3 is 0 Å². The Kier molecular flexibility index (Phi) is 7.69. The largest absolute Gasteiger partial charge is 0.394 e. The summed E-state index contributed by atoms with van der Waals surface area (Å²) in [5, 5.41) is 16.0. The number of aliphatic hydroxyl groups is 1. The Balaban J connectivity index is 2.01. The van der Waals surface area contributed by atoms with Crippen LogP contribution in [0.1, 0.15) is 59.8 Å². The third-order valence-electron chi connectivity index (χ3n) is 7.01. The molecule has 3 aliphatic rings. The van der Waals surface area contributed by atoms with Crippen molar-refractivity contribution in [3.05, 3.63) is 0 Å². The lowest BCUT2D eigenvalue weighted by Gasteiger charge is -2.37. The van der Waals surface area contributed by atoms with E-state index in [4.69, 9.17) is 4.74 Å². The van der Waals surface area contributed by atoms with E-state index in [1.165, 1.54) is 4.90 Å². The maximum absolute atomic E-state index is 13.7. The van der Waals surface area contributed by atoms with E-state index < -0.39 is 35.6 Å². The molecule has 0 aromatic heterocycles. The van der Waals surface area contributed by atoms with Gasteiger partial charge in [-0.15, -0.1) is 0 Å². The number of nitrogens with one attached hydrogen (secondary N) is 2. The normalized spacial score (nSPS) is 35.7. The zero-order valence-corrected chi connectivity index (χ0v) is 20.5. The van der Waals surface area contributed by atoms with Gasteiger partial charge in [0.1, 0.15) is 11.6 Å². The van der Waals surface area contributed by atoms with E-state index in [9.17, 15) is 19.5 Å². The van der Waals surface area contributed by atoms with Crippen molar-refractivity contribution in [2.24, 2.45) is 11.8 Å². The highest BCUT2D eigenvalue weighted by Gasteiger charge is 2.76. The number of halogens is 1. The molecule has 3 fully saturated rings. The van der Waals surface area contributed by atoms with Crippen LogP contribution in [0, 0.1) is 11.8 Å². The summed E-state index contributed by atoms with van der Waals surface area (Å²) >= 11 is 3.65. The maximum atomic E-state index is 13.7. The minimum Gasteiger partial charge on any atom is -0.394 e. The van der Waals surface area contributed by atoms with Crippen molar-refractivity contribution in [1.29, 1.82) is 0 Å². The highest BCUT2D eigenvalue weighted by molar-refractivity contribution is 9.09. The predicted molar refractivity (Wildman–Crippen MR) is 120 cm³/mol. The van der Waals surface area contributed by atoms with Crippen LogP contribution in [-0.2, 0) is 19.1 Å². The molecule has 3 heterocycles. The summed E-state index contributed by atoms with van der Waals surface area (Å²) in [7, 11) is 0. The summed E-state index contributed by atoms with van der Waals surface area (Å²) in [6.45, 7) is 8.14. The molecule has 3 N–H and O–H groups in total. The lowest BCUT2D eigenvalue weighted by Crippen LogP contribution is -2.59. The number of ether oxygens (including phenoxy) is 1. The van der Waals surface area contributed by atoms with Crippen molar-refractivity contribution >= 4 is 33.7 Å². The average molecular weight is 502 g/mol. The molecule has 3 aliphatic heterocycles. The number of rotatable bonds is 10. The van der Waals surface area contributed by atoms with Crippen LogP contribution < -0.4 is 10.6 Å². The molecule has 0 saturated carbocycles. The number of hydrogen-bond acceptors (Lipinski definition) is 5. The summed E-state index contributed by atoms with van der Waals surface area (Å²) in [6, 6.07) is -1.41. The van der Waals surface area contributed by atoms with Crippen LogP contribution in [0.5, 0.6) is 0 Å². The zero-order chi connectivity index (χ0) is 22.9. The van der Waals surface area contributed by atoms with E-state index in [0.717, 1.165) is 19.3 Å². The van der Waals surface area contributed by atoms with E-state index in [2.05, 4.69) is 33.5 Å². The summed E-state index contributed by atoms with van der Waals surface area (Å²) in [4.78, 5) is 41.7. The first-order chi connectivity index (χ1) is 14.8. The molecule has 0 aromatic carbocycles. The van der Waals surface area contributed by atoms with E-state index >= 15 is 0 Å². The second-order valence-corrected chi connectivity index (χ2v) is 10.3. The first-order valence-corrected chi connectivity index (χ1v) is 12.5. The molecule has 0 aromatic rings. The molecule has 3 rings (SSSR count). The molecule has 176 valence electrons. The SMILES string of the molecule is CCCNC(=O)[C@H]1[C@H]2C(=O)N([C@@H](CC)CO)C(C(=O)NC(C)CCC)C23CC(Br)[C@@H]1O3. The second-order valence-electron chi connectivity index (χ2n) is 9.14. The van der Waals surface area contributed by atoms with Gasteiger partial charge in [-0.05, 0) is 32.6 Å². The molecule has 8 nitrogen and oxygen atoms in total. The highest BCUT2D eigenvalue weighted by Crippen LogP contribution is 2.60. The predicted octanol–water partition coefficient (Wildman–Crippen LogP) is 1.34. The van der Waals surface area contributed by atoms with Crippen LogP contribution in [0.3, 0.4) is 0 Å². The molecule has 3 amide bonds. The van der Waals surface area contributed by atoms with Crippen molar-refractivity contribution < 1.29 is 24.2 Å². The molecular formula is C22H36BrN3O5. The first kappa shape index (κ1) is 24.5. The summed E-state index contributed by atoms with van der Waals surface area (Å²) in [5.74, 6) is -2.10. The quantitative estimate of drug-likeness (QED) is 0.391. The van der Waals surface area contributed by atoms with Gasteiger partial charge in [0.25, 0.3) is 0 Å². The van der Waals surface area contributed by atoms with Crippen LogP contribution in [-0.4, -0.2) is 75.5 Å². The van der Waals surface area contributed by atoms with Gasteiger partial charge in [0, 0.05) is 17.4 Å². The zero-order valence-electron chi connectivity index (χ0n) is 18.9.